The van der Waals surface area contributed by atoms with Gasteiger partial charge >= 0.3 is 5.97 Å². The van der Waals surface area contributed by atoms with Gasteiger partial charge in [-0.1, -0.05) is 23.8 Å². The van der Waals surface area contributed by atoms with Gasteiger partial charge in [-0.2, -0.15) is 0 Å². The van der Waals surface area contributed by atoms with Crippen molar-refractivity contribution in [2.24, 2.45) is 0 Å². The molecule has 0 aliphatic rings. The summed E-state index contributed by atoms with van der Waals surface area (Å²) in [5.41, 5.74) is 2.24. The van der Waals surface area contributed by atoms with E-state index in [1.807, 2.05) is 26.0 Å². The lowest BCUT2D eigenvalue weighted by Crippen LogP contribution is -2.15. The summed E-state index contributed by atoms with van der Waals surface area (Å²) >= 11 is 0. The first-order valence-corrected chi connectivity index (χ1v) is 6.68. The third-order valence-corrected chi connectivity index (χ3v) is 3.22. The summed E-state index contributed by atoms with van der Waals surface area (Å²) in [4.78, 5) is 23.9. The van der Waals surface area contributed by atoms with Gasteiger partial charge in [-0.15, -0.1) is 0 Å². The molecule has 0 aliphatic heterocycles. The minimum Gasteiger partial charge on any atom is -0.508 e. The Bertz CT molecular complexity index is 670. The van der Waals surface area contributed by atoms with Crippen molar-refractivity contribution >= 4 is 11.8 Å². The molecule has 0 aliphatic carbocycles. The van der Waals surface area contributed by atoms with E-state index in [2.05, 4.69) is 0 Å². The van der Waals surface area contributed by atoms with E-state index >= 15 is 0 Å². The summed E-state index contributed by atoms with van der Waals surface area (Å²) in [6.07, 6.45) is 0. The molecule has 0 fully saturated rings. The monoisotopic (exact) mass is 300 g/mol. The van der Waals surface area contributed by atoms with E-state index in [1.54, 1.807) is 6.07 Å². The SMILES string of the molecule is Cc1ccc(C(=O)COC(=O)c2ccc(O)cc2O)c(C)c1. The smallest absolute Gasteiger partial charge is 0.342 e. The van der Waals surface area contributed by atoms with Crippen LogP contribution in [0.5, 0.6) is 11.5 Å². The quantitative estimate of drug-likeness (QED) is 0.670. The van der Waals surface area contributed by atoms with Crippen molar-refractivity contribution < 1.29 is 24.5 Å². The molecule has 5 heteroatoms. The first-order valence-electron chi connectivity index (χ1n) is 6.68. The molecule has 0 atom stereocenters. The van der Waals surface area contributed by atoms with Crippen LogP contribution in [0.3, 0.4) is 0 Å². The van der Waals surface area contributed by atoms with Gasteiger partial charge in [0.15, 0.2) is 6.61 Å². The predicted molar refractivity (Wildman–Crippen MR) is 80.3 cm³/mol. The fraction of sp³-hybridized carbons (Fsp3) is 0.176. The number of Topliss-reactive ketones (excluding diaryl/α,β-unsaturated/α-hetero) is 1. The van der Waals surface area contributed by atoms with Crippen LogP contribution in [0.2, 0.25) is 0 Å². The van der Waals surface area contributed by atoms with Crippen molar-refractivity contribution in [3.63, 3.8) is 0 Å². The van der Waals surface area contributed by atoms with E-state index in [-0.39, 0.29) is 17.1 Å². The van der Waals surface area contributed by atoms with Gasteiger partial charge in [0.25, 0.3) is 0 Å². The Morgan fingerprint density at radius 3 is 2.32 bits per heavy atom. The molecule has 0 spiro atoms. The van der Waals surface area contributed by atoms with Crippen LogP contribution in [0.25, 0.3) is 0 Å². The normalized spacial score (nSPS) is 10.3. The maximum atomic E-state index is 12.1. The molecule has 2 N–H and O–H groups in total. The number of hydrogen-bond acceptors (Lipinski definition) is 5. The van der Waals surface area contributed by atoms with E-state index in [0.29, 0.717) is 5.56 Å². The molecule has 0 saturated heterocycles. The van der Waals surface area contributed by atoms with Crippen molar-refractivity contribution in [1.82, 2.24) is 0 Å². The largest absolute Gasteiger partial charge is 0.508 e. The summed E-state index contributed by atoms with van der Waals surface area (Å²) in [5, 5.41) is 18.7. The van der Waals surface area contributed by atoms with Crippen LogP contribution in [-0.2, 0) is 4.74 Å². The number of aryl methyl sites for hydroxylation is 2. The van der Waals surface area contributed by atoms with Gasteiger partial charge in [0, 0.05) is 11.6 Å². The van der Waals surface area contributed by atoms with E-state index in [1.165, 1.54) is 12.1 Å². The van der Waals surface area contributed by atoms with Gasteiger partial charge in [-0.05, 0) is 31.5 Å². The number of benzene rings is 2. The van der Waals surface area contributed by atoms with E-state index in [0.717, 1.165) is 17.2 Å². The maximum absolute atomic E-state index is 12.1. The lowest BCUT2D eigenvalue weighted by atomic mass is 10.0. The molecule has 0 bridgehead atoms. The van der Waals surface area contributed by atoms with Crippen LogP contribution >= 0.6 is 0 Å². The minimum absolute atomic E-state index is 0.105. The highest BCUT2D eigenvalue weighted by Crippen LogP contribution is 2.23. The molecule has 2 aromatic carbocycles. The van der Waals surface area contributed by atoms with E-state index in [9.17, 15) is 19.8 Å². The van der Waals surface area contributed by atoms with Crippen LogP contribution in [0, 0.1) is 13.8 Å². The lowest BCUT2D eigenvalue weighted by molar-refractivity contribution is 0.0471. The van der Waals surface area contributed by atoms with Gasteiger partial charge in [0.2, 0.25) is 5.78 Å². The Labute approximate surface area is 127 Å². The second kappa shape index (κ2) is 6.30. The molecule has 5 nitrogen and oxygen atoms in total. The standard InChI is InChI=1S/C17H16O5/c1-10-3-5-13(11(2)7-10)16(20)9-22-17(21)14-6-4-12(18)8-15(14)19/h3-8,18-19H,9H2,1-2H3. The van der Waals surface area contributed by atoms with E-state index < -0.39 is 18.3 Å². The topological polar surface area (TPSA) is 83.8 Å². The van der Waals surface area contributed by atoms with Crippen molar-refractivity contribution in [1.29, 1.82) is 0 Å². The van der Waals surface area contributed by atoms with Crippen LogP contribution in [-0.4, -0.2) is 28.6 Å². The van der Waals surface area contributed by atoms with Crippen LogP contribution in [0.15, 0.2) is 36.4 Å². The number of rotatable bonds is 4. The van der Waals surface area contributed by atoms with Gasteiger partial charge in [-0.3, -0.25) is 4.79 Å². The van der Waals surface area contributed by atoms with Crippen molar-refractivity contribution in [3.8, 4) is 11.5 Å². The van der Waals surface area contributed by atoms with Gasteiger partial charge in [0.1, 0.15) is 17.1 Å². The molecular formula is C17H16O5. The summed E-state index contributed by atoms with van der Waals surface area (Å²) < 4.78 is 4.92. The molecule has 0 saturated carbocycles. The first kappa shape index (κ1) is 15.6. The lowest BCUT2D eigenvalue weighted by Gasteiger charge is -2.08. The molecule has 0 aromatic heterocycles. The molecule has 0 unspecified atom stereocenters. The van der Waals surface area contributed by atoms with Gasteiger partial charge in [-0.25, -0.2) is 4.79 Å². The highest BCUT2D eigenvalue weighted by Gasteiger charge is 2.16. The summed E-state index contributed by atoms with van der Waals surface area (Å²) in [7, 11) is 0. The third-order valence-electron chi connectivity index (χ3n) is 3.22. The Kier molecular flexibility index (Phi) is 4.46. The molecule has 0 amide bonds. The molecule has 114 valence electrons. The maximum Gasteiger partial charge on any atom is 0.342 e. The fourth-order valence-corrected chi connectivity index (χ4v) is 2.11. The van der Waals surface area contributed by atoms with Crippen molar-refractivity contribution in [2.75, 3.05) is 6.61 Å². The van der Waals surface area contributed by atoms with Crippen molar-refractivity contribution in [3.05, 3.63) is 58.7 Å². The Morgan fingerprint density at radius 1 is 1.00 bits per heavy atom. The number of carbonyl (C=O) groups is 2. The first-order chi connectivity index (χ1) is 10.4. The molecule has 22 heavy (non-hydrogen) atoms. The Balaban J connectivity index is 2.06. The highest BCUT2D eigenvalue weighted by molar-refractivity contribution is 6.00. The average Bonchev–Trinajstić information content (AvgIpc) is 2.44. The summed E-state index contributed by atoms with van der Waals surface area (Å²) in [6, 6.07) is 8.90. The molecule has 2 rings (SSSR count). The number of ether oxygens (including phenoxy) is 1. The summed E-state index contributed by atoms with van der Waals surface area (Å²) in [6.45, 7) is 3.33. The zero-order valence-corrected chi connectivity index (χ0v) is 12.3. The molecule has 0 heterocycles. The average molecular weight is 300 g/mol. The van der Waals surface area contributed by atoms with Gasteiger partial charge in [0.05, 0.1) is 0 Å². The molecule has 0 radical (unpaired) electrons. The number of phenols is 2. The van der Waals surface area contributed by atoms with Crippen LogP contribution in [0.4, 0.5) is 0 Å². The molecule has 2 aromatic rings. The highest BCUT2D eigenvalue weighted by atomic mass is 16.5. The second-order valence-corrected chi connectivity index (χ2v) is 5.02. The van der Waals surface area contributed by atoms with Crippen molar-refractivity contribution in [2.45, 2.75) is 13.8 Å². The number of esters is 1. The number of aromatic hydroxyl groups is 2. The van der Waals surface area contributed by atoms with Gasteiger partial charge < -0.3 is 14.9 Å². The zero-order chi connectivity index (χ0) is 16.3. The number of phenolic OH excluding ortho intramolecular Hbond substituents is 2. The predicted octanol–water partition coefficient (Wildman–Crippen LogP) is 2.75. The third kappa shape index (κ3) is 3.44. The molecular weight excluding hydrogens is 284 g/mol. The van der Waals surface area contributed by atoms with E-state index in [4.69, 9.17) is 4.74 Å². The number of carbonyl (C=O) groups excluding carboxylic acids is 2. The van der Waals surface area contributed by atoms with Crippen LogP contribution < -0.4 is 0 Å². The number of hydrogen-bond donors (Lipinski definition) is 2. The number of ketones is 1. The zero-order valence-electron chi connectivity index (χ0n) is 12.3. The second-order valence-electron chi connectivity index (χ2n) is 5.02. The summed E-state index contributed by atoms with van der Waals surface area (Å²) in [5.74, 6) is -1.70. The minimum atomic E-state index is -0.824. The fourth-order valence-electron chi connectivity index (χ4n) is 2.11. The Hall–Kier alpha value is -2.82. The Morgan fingerprint density at radius 2 is 1.68 bits per heavy atom. The van der Waals surface area contributed by atoms with Crippen LogP contribution in [0.1, 0.15) is 31.8 Å².